The Morgan fingerprint density at radius 3 is 2.67 bits per heavy atom. The third-order valence-electron chi connectivity index (χ3n) is 5.51. The van der Waals surface area contributed by atoms with E-state index >= 15 is 0 Å². The van der Waals surface area contributed by atoms with E-state index in [2.05, 4.69) is 49.4 Å². The Bertz CT molecular complexity index is 813. The monoisotopic (exact) mass is 386 g/mol. The Kier molecular flexibility index (Phi) is 4.77. The molecule has 1 saturated heterocycles. The van der Waals surface area contributed by atoms with E-state index in [9.17, 15) is 5.11 Å². The number of piperidine rings is 1. The molecule has 5 nitrogen and oxygen atoms in total. The number of hydrogen-bond acceptors (Lipinski definition) is 6. The summed E-state index contributed by atoms with van der Waals surface area (Å²) < 4.78 is 0. The molecule has 2 aromatic heterocycles. The van der Waals surface area contributed by atoms with Crippen molar-refractivity contribution in [3.05, 3.63) is 28.8 Å². The third-order valence-corrected chi connectivity index (χ3v) is 6.75. The molecule has 3 heterocycles. The molecule has 0 aromatic carbocycles. The van der Waals surface area contributed by atoms with Gasteiger partial charge in [0, 0.05) is 28.2 Å². The van der Waals surface area contributed by atoms with Gasteiger partial charge in [0.25, 0.3) is 0 Å². The third kappa shape index (κ3) is 4.18. The average molecular weight is 387 g/mol. The van der Waals surface area contributed by atoms with Gasteiger partial charge in [-0.1, -0.05) is 0 Å². The van der Waals surface area contributed by atoms with Crippen molar-refractivity contribution in [1.29, 1.82) is 0 Å². The van der Waals surface area contributed by atoms with Gasteiger partial charge in [-0.3, -0.25) is 0 Å². The van der Waals surface area contributed by atoms with Gasteiger partial charge in [-0.2, -0.15) is 0 Å². The summed E-state index contributed by atoms with van der Waals surface area (Å²) in [5.41, 5.74) is 2.20. The van der Waals surface area contributed by atoms with Crippen molar-refractivity contribution in [3.63, 3.8) is 0 Å². The topological polar surface area (TPSA) is 70.1 Å². The summed E-state index contributed by atoms with van der Waals surface area (Å²) >= 11 is 1.76. The van der Waals surface area contributed by atoms with Crippen LogP contribution in [0.1, 0.15) is 69.9 Å². The van der Waals surface area contributed by atoms with Crippen molar-refractivity contribution in [1.82, 2.24) is 15.3 Å². The molecule has 0 radical (unpaired) electrons. The molecule has 0 spiro atoms. The van der Waals surface area contributed by atoms with E-state index in [-0.39, 0.29) is 17.2 Å². The van der Waals surface area contributed by atoms with E-state index < -0.39 is 0 Å². The van der Waals surface area contributed by atoms with Crippen molar-refractivity contribution in [3.8, 4) is 10.6 Å². The molecule has 27 heavy (non-hydrogen) atoms. The zero-order valence-electron chi connectivity index (χ0n) is 16.7. The predicted octanol–water partition coefficient (Wildman–Crippen LogP) is 4.30. The lowest BCUT2D eigenvalue weighted by Crippen LogP contribution is -2.60. The zero-order valence-corrected chi connectivity index (χ0v) is 17.5. The highest BCUT2D eigenvalue weighted by Gasteiger charge is 2.37. The number of fused-ring (bicyclic) bond motifs is 1. The summed E-state index contributed by atoms with van der Waals surface area (Å²) in [6, 6.07) is 4.42. The van der Waals surface area contributed by atoms with Gasteiger partial charge in [0.1, 0.15) is 0 Å². The number of thiophene rings is 1. The lowest BCUT2D eigenvalue weighted by atomic mass is 9.80. The fourth-order valence-corrected chi connectivity index (χ4v) is 6.06. The van der Waals surface area contributed by atoms with Crippen LogP contribution in [0, 0.1) is 0 Å². The summed E-state index contributed by atoms with van der Waals surface area (Å²) in [6.45, 7) is 9.01. The molecule has 0 amide bonds. The maximum atomic E-state index is 10.2. The van der Waals surface area contributed by atoms with Crippen LogP contribution in [0.2, 0.25) is 0 Å². The number of aliphatic hydroxyl groups excluding tert-OH is 1. The molecular formula is C21H30N4OS. The quantitative estimate of drug-likeness (QED) is 0.734. The summed E-state index contributed by atoms with van der Waals surface area (Å²) in [4.78, 5) is 11.7. The van der Waals surface area contributed by atoms with E-state index in [1.165, 1.54) is 4.88 Å². The molecule has 146 valence electrons. The second-order valence-corrected chi connectivity index (χ2v) is 10.4. The highest BCUT2D eigenvalue weighted by molar-refractivity contribution is 7.15. The number of aromatic nitrogens is 2. The van der Waals surface area contributed by atoms with E-state index in [1.54, 1.807) is 11.3 Å². The molecule has 2 aliphatic rings. The maximum absolute atomic E-state index is 10.2. The lowest BCUT2D eigenvalue weighted by Gasteiger charge is -2.46. The van der Waals surface area contributed by atoms with Crippen LogP contribution in [0.5, 0.6) is 0 Å². The lowest BCUT2D eigenvalue weighted by molar-refractivity contribution is 0.157. The molecule has 1 fully saturated rings. The molecule has 2 aromatic rings. The van der Waals surface area contributed by atoms with Crippen LogP contribution in [-0.4, -0.2) is 32.2 Å². The number of nitrogens with zero attached hydrogens (tertiary/aromatic N) is 2. The second-order valence-electron chi connectivity index (χ2n) is 9.30. The molecule has 1 aliphatic heterocycles. The first-order chi connectivity index (χ1) is 12.7. The minimum atomic E-state index is -0.322. The second kappa shape index (κ2) is 6.83. The van der Waals surface area contributed by atoms with Crippen molar-refractivity contribution < 1.29 is 5.11 Å². The Morgan fingerprint density at radius 2 is 1.96 bits per heavy atom. The zero-order chi connectivity index (χ0) is 19.2. The van der Waals surface area contributed by atoms with Crippen molar-refractivity contribution in [2.45, 2.75) is 83.0 Å². The van der Waals surface area contributed by atoms with Crippen LogP contribution in [-0.2, 0) is 6.42 Å². The highest BCUT2D eigenvalue weighted by atomic mass is 32.1. The van der Waals surface area contributed by atoms with Crippen LogP contribution in [0.25, 0.3) is 10.6 Å². The smallest absolute Gasteiger partial charge is 0.223 e. The van der Waals surface area contributed by atoms with Crippen molar-refractivity contribution in [2.75, 3.05) is 5.32 Å². The number of rotatable bonds is 3. The van der Waals surface area contributed by atoms with Gasteiger partial charge >= 0.3 is 0 Å². The molecule has 3 N–H and O–H groups in total. The van der Waals surface area contributed by atoms with Gasteiger partial charge < -0.3 is 15.7 Å². The van der Waals surface area contributed by atoms with E-state index in [4.69, 9.17) is 4.98 Å². The Labute approximate surface area is 165 Å². The summed E-state index contributed by atoms with van der Waals surface area (Å²) in [6.07, 6.45) is 6.56. The van der Waals surface area contributed by atoms with Crippen LogP contribution in [0.4, 0.5) is 5.95 Å². The van der Waals surface area contributed by atoms with Crippen molar-refractivity contribution >= 4 is 17.3 Å². The van der Waals surface area contributed by atoms with E-state index in [1.807, 2.05) is 12.3 Å². The van der Waals surface area contributed by atoms with Gasteiger partial charge in [0.15, 0.2) is 0 Å². The molecule has 1 aliphatic carbocycles. The molecule has 6 heteroatoms. The SMILES string of the molecule is CC1(C)CC(Nc2nccc(-c3cc4c(s3)CCCC4O)n2)CC(C)(C)N1. The summed E-state index contributed by atoms with van der Waals surface area (Å²) in [7, 11) is 0. The maximum Gasteiger partial charge on any atom is 0.223 e. The highest BCUT2D eigenvalue weighted by Crippen LogP contribution is 2.39. The molecular weight excluding hydrogens is 356 g/mol. The Morgan fingerprint density at radius 1 is 1.22 bits per heavy atom. The number of hydrogen-bond donors (Lipinski definition) is 3. The van der Waals surface area contributed by atoms with Crippen LogP contribution < -0.4 is 10.6 Å². The first-order valence-corrected chi connectivity index (χ1v) is 10.7. The van der Waals surface area contributed by atoms with Crippen LogP contribution in [0.3, 0.4) is 0 Å². The average Bonchev–Trinajstić information content (AvgIpc) is 2.98. The first-order valence-electron chi connectivity index (χ1n) is 9.91. The normalized spacial score (nSPS) is 24.4. The van der Waals surface area contributed by atoms with Gasteiger partial charge in [0.2, 0.25) is 5.95 Å². The first kappa shape index (κ1) is 18.8. The Hall–Kier alpha value is -1.50. The Balaban J connectivity index is 1.55. The number of aliphatic hydroxyl groups is 1. The predicted molar refractivity (Wildman–Crippen MR) is 111 cm³/mol. The number of nitrogens with one attached hydrogen (secondary N) is 2. The van der Waals surface area contributed by atoms with Gasteiger partial charge in [-0.25, -0.2) is 9.97 Å². The number of aryl methyl sites for hydroxylation is 1. The molecule has 0 bridgehead atoms. The fraction of sp³-hybridized carbons (Fsp3) is 0.619. The fourth-order valence-electron chi connectivity index (χ4n) is 4.83. The van der Waals surface area contributed by atoms with E-state index in [0.29, 0.717) is 12.0 Å². The molecule has 1 unspecified atom stereocenters. The standard InChI is InChI=1S/C21H30N4OS/c1-20(2)11-13(12-21(3,4)25-20)23-19-22-9-8-15(24-19)18-10-14-16(26)6-5-7-17(14)27-18/h8-10,13,16,25-26H,5-7,11-12H2,1-4H3,(H,22,23,24). The van der Waals surface area contributed by atoms with Crippen LogP contribution >= 0.6 is 11.3 Å². The minimum Gasteiger partial charge on any atom is -0.388 e. The molecule has 1 atom stereocenters. The summed E-state index contributed by atoms with van der Waals surface area (Å²) in [5, 5.41) is 17.5. The van der Waals surface area contributed by atoms with Gasteiger partial charge in [0.05, 0.1) is 16.7 Å². The van der Waals surface area contributed by atoms with E-state index in [0.717, 1.165) is 48.2 Å². The van der Waals surface area contributed by atoms with Crippen LogP contribution in [0.15, 0.2) is 18.3 Å². The van der Waals surface area contributed by atoms with Gasteiger partial charge in [-0.05, 0) is 77.5 Å². The molecule has 0 saturated carbocycles. The molecule has 4 rings (SSSR count). The number of anilines is 1. The van der Waals surface area contributed by atoms with Crippen molar-refractivity contribution in [2.24, 2.45) is 0 Å². The minimum absolute atomic E-state index is 0.0833. The summed E-state index contributed by atoms with van der Waals surface area (Å²) in [5.74, 6) is 0.693. The largest absolute Gasteiger partial charge is 0.388 e. The van der Waals surface area contributed by atoms with Gasteiger partial charge in [-0.15, -0.1) is 11.3 Å².